The summed E-state index contributed by atoms with van der Waals surface area (Å²) in [5, 5.41) is 14.8. The smallest absolute Gasteiger partial charge is 0.326 e. The number of carboxylic acids is 1. The number of hydrogen-bond donors (Lipinski definition) is 3. The number of nitrogens with one attached hydrogen (secondary N) is 2. The predicted octanol–water partition coefficient (Wildman–Crippen LogP) is 1.83. The zero-order valence-electron chi connectivity index (χ0n) is 12.3. The molecule has 0 radical (unpaired) electrons. The summed E-state index contributed by atoms with van der Waals surface area (Å²) in [6.07, 6.45) is 3.96. The van der Waals surface area contributed by atoms with Crippen LogP contribution >= 0.6 is 0 Å². The van der Waals surface area contributed by atoms with Crippen LogP contribution in [0.15, 0.2) is 0 Å². The van der Waals surface area contributed by atoms with Crippen LogP contribution in [0.4, 0.5) is 4.79 Å². The van der Waals surface area contributed by atoms with Gasteiger partial charge >= 0.3 is 12.0 Å². The summed E-state index contributed by atoms with van der Waals surface area (Å²) in [6, 6.07) is -0.903. The van der Waals surface area contributed by atoms with Gasteiger partial charge in [-0.25, -0.2) is 9.59 Å². The molecule has 3 fully saturated rings. The zero-order chi connectivity index (χ0) is 14.7. The van der Waals surface area contributed by atoms with Crippen LogP contribution in [0.1, 0.15) is 40.0 Å². The van der Waals surface area contributed by atoms with Crippen molar-refractivity contribution in [1.82, 2.24) is 10.6 Å². The Bertz CT molecular complexity index is 427. The Kier molecular flexibility index (Phi) is 2.99. The van der Waals surface area contributed by atoms with E-state index < -0.39 is 17.4 Å². The van der Waals surface area contributed by atoms with E-state index in [4.69, 9.17) is 0 Å². The van der Waals surface area contributed by atoms with Crippen LogP contribution in [0.3, 0.4) is 0 Å². The van der Waals surface area contributed by atoms with Gasteiger partial charge in [-0.3, -0.25) is 0 Å². The molecule has 0 heterocycles. The van der Waals surface area contributed by atoms with E-state index in [0.29, 0.717) is 11.8 Å². The summed E-state index contributed by atoms with van der Waals surface area (Å²) < 4.78 is 0. The van der Waals surface area contributed by atoms with Crippen molar-refractivity contribution in [1.29, 1.82) is 0 Å². The SMILES string of the molecule is CC(C)(C)[C@H](NC(=O)NC1C2C3CCC(C3)C12)C(=O)O. The predicted molar refractivity (Wildman–Crippen MR) is 74.1 cm³/mol. The number of hydrogen-bond acceptors (Lipinski definition) is 2. The monoisotopic (exact) mass is 280 g/mol. The first-order valence-corrected chi connectivity index (χ1v) is 7.59. The maximum absolute atomic E-state index is 12.0. The molecule has 5 heteroatoms. The molecule has 20 heavy (non-hydrogen) atoms. The van der Waals surface area contributed by atoms with E-state index in [-0.39, 0.29) is 12.1 Å². The van der Waals surface area contributed by atoms with Crippen LogP contribution < -0.4 is 10.6 Å². The summed E-state index contributed by atoms with van der Waals surface area (Å²) in [5.74, 6) is 1.94. The molecule has 5 nitrogen and oxygen atoms in total. The molecule has 5 atom stereocenters. The number of aliphatic carboxylic acids is 1. The van der Waals surface area contributed by atoms with E-state index >= 15 is 0 Å². The first-order chi connectivity index (χ1) is 9.29. The quantitative estimate of drug-likeness (QED) is 0.738. The molecule has 4 unspecified atom stereocenters. The second-order valence-corrected chi connectivity index (χ2v) is 7.77. The molecule has 3 aliphatic rings. The van der Waals surface area contributed by atoms with Gasteiger partial charge in [0.25, 0.3) is 0 Å². The summed E-state index contributed by atoms with van der Waals surface area (Å²) in [4.78, 5) is 23.3. The molecule has 0 saturated heterocycles. The molecule has 3 rings (SSSR count). The lowest BCUT2D eigenvalue weighted by atomic mass is 9.87. The van der Waals surface area contributed by atoms with E-state index in [9.17, 15) is 14.7 Å². The summed E-state index contributed by atoms with van der Waals surface area (Å²) >= 11 is 0. The molecule has 2 bridgehead atoms. The second-order valence-electron chi connectivity index (χ2n) is 7.77. The third kappa shape index (κ3) is 2.17. The fourth-order valence-corrected chi connectivity index (χ4v) is 4.49. The van der Waals surface area contributed by atoms with Crippen molar-refractivity contribution < 1.29 is 14.7 Å². The maximum Gasteiger partial charge on any atom is 0.326 e. The van der Waals surface area contributed by atoms with E-state index in [0.717, 1.165) is 11.8 Å². The van der Waals surface area contributed by atoms with Gasteiger partial charge in [-0.1, -0.05) is 20.8 Å². The first-order valence-electron chi connectivity index (χ1n) is 7.59. The molecule has 0 aromatic rings. The summed E-state index contributed by atoms with van der Waals surface area (Å²) in [6.45, 7) is 5.45. The Morgan fingerprint density at radius 2 is 1.70 bits per heavy atom. The largest absolute Gasteiger partial charge is 0.480 e. The molecule has 0 aliphatic heterocycles. The van der Waals surface area contributed by atoms with Crippen LogP contribution in [0.25, 0.3) is 0 Å². The van der Waals surface area contributed by atoms with Gasteiger partial charge in [0, 0.05) is 6.04 Å². The number of carbonyl (C=O) groups excluding carboxylic acids is 1. The minimum Gasteiger partial charge on any atom is -0.480 e. The standard InChI is InChI=1S/C15H24N2O3/c1-15(2,3)12(13(18)19)17-14(20)16-11-9-7-4-5-8(6-7)10(9)11/h7-12H,4-6H2,1-3H3,(H,18,19)(H2,16,17,20)/t7?,8?,9?,10?,11?,12-/m1/s1. The highest BCUT2D eigenvalue weighted by Crippen LogP contribution is 2.65. The molecular formula is C15H24N2O3. The van der Waals surface area contributed by atoms with Gasteiger partial charge < -0.3 is 15.7 Å². The normalized spacial score (nSPS) is 39.0. The highest BCUT2D eigenvalue weighted by molar-refractivity contribution is 5.83. The Labute approximate surface area is 119 Å². The summed E-state index contributed by atoms with van der Waals surface area (Å²) in [7, 11) is 0. The number of amides is 2. The molecule has 3 saturated carbocycles. The second kappa shape index (κ2) is 4.37. The van der Waals surface area contributed by atoms with Crippen molar-refractivity contribution in [3.05, 3.63) is 0 Å². The highest BCUT2D eigenvalue weighted by atomic mass is 16.4. The number of rotatable bonds is 3. The fourth-order valence-electron chi connectivity index (χ4n) is 4.49. The van der Waals surface area contributed by atoms with Gasteiger partial charge in [0.1, 0.15) is 6.04 Å². The number of urea groups is 1. The van der Waals surface area contributed by atoms with E-state index in [1.165, 1.54) is 19.3 Å². The zero-order valence-corrected chi connectivity index (χ0v) is 12.3. The molecule has 3 N–H and O–H groups in total. The Balaban J connectivity index is 1.55. The lowest BCUT2D eigenvalue weighted by Gasteiger charge is -2.28. The van der Waals surface area contributed by atoms with Gasteiger partial charge in [-0.15, -0.1) is 0 Å². The van der Waals surface area contributed by atoms with Crippen LogP contribution in [-0.4, -0.2) is 29.2 Å². The molecule has 2 amide bonds. The summed E-state index contributed by atoms with van der Waals surface area (Å²) in [5.41, 5.74) is -0.498. The topological polar surface area (TPSA) is 78.4 Å². The number of carbonyl (C=O) groups is 2. The van der Waals surface area contributed by atoms with Crippen molar-refractivity contribution in [2.75, 3.05) is 0 Å². The van der Waals surface area contributed by atoms with E-state index in [1.807, 2.05) is 20.8 Å². The van der Waals surface area contributed by atoms with Crippen LogP contribution in [0.5, 0.6) is 0 Å². The Morgan fingerprint density at radius 3 is 2.15 bits per heavy atom. The molecule has 0 aromatic heterocycles. The van der Waals surface area contributed by atoms with Crippen molar-refractivity contribution in [2.24, 2.45) is 29.1 Å². The van der Waals surface area contributed by atoms with Crippen LogP contribution in [-0.2, 0) is 4.79 Å². The van der Waals surface area contributed by atoms with Gasteiger partial charge in [0.2, 0.25) is 0 Å². The van der Waals surface area contributed by atoms with Gasteiger partial charge in [0.05, 0.1) is 0 Å². The minimum absolute atomic E-state index is 0.288. The fraction of sp³-hybridized carbons (Fsp3) is 0.867. The molecule has 0 spiro atoms. The average Bonchev–Trinajstić information content (AvgIpc) is 2.72. The lowest BCUT2D eigenvalue weighted by Crippen LogP contribution is -2.53. The van der Waals surface area contributed by atoms with Crippen molar-refractivity contribution in [2.45, 2.75) is 52.1 Å². The van der Waals surface area contributed by atoms with Crippen molar-refractivity contribution in [3.8, 4) is 0 Å². The molecule has 0 aromatic carbocycles. The molecular weight excluding hydrogens is 256 g/mol. The molecule has 3 aliphatic carbocycles. The maximum atomic E-state index is 12.0. The third-order valence-corrected chi connectivity index (χ3v) is 5.42. The first kappa shape index (κ1) is 13.7. The Hall–Kier alpha value is -1.26. The van der Waals surface area contributed by atoms with Gasteiger partial charge in [0.15, 0.2) is 0 Å². The third-order valence-electron chi connectivity index (χ3n) is 5.42. The van der Waals surface area contributed by atoms with E-state index in [2.05, 4.69) is 10.6 Å². The Morgan fingerprint density at radius 1 is 1.15 bits per heavy atom. The molecule has 112 valence electrons. The minimum atomic E-state index is -0.983. The lowest BCUT2D eigenvalue weighted by molar-refractivity contribution is -0.141. The highest BCUT2D eigenvalue weighted by Gasteiger charge is 2.65. The van der Waals surface area contributed by atoms with E-state index in [1.54, 1.807) is 0 Å². The average molecular weight is 280 g/mol. The number of fused-ring (bicyclic) bond motifs is 5. The van der Waals surface area contributed by atoms with Gasteiger partial charge in [-0.2, -0.15) is 0 Å². The van der Waals surface area contributed by atoms with Crippen molar-refractivity contribution >= 4 is 12.0 Å². The van der Waals surface area contributed by atoms with Crippen LogP contribution in [0, 0.1) is 29.1 Å². The van der Waals surface area contributed by atoms with Crippen LogP contribution in [0.2, 0.25) is 0 Å². The van der Waals surface area contributed by atoms with Gasteiger partial charge in [-0.05, 0) is 48.3 Å². The number of carboxylic acid groups (broad SMARTS) is 1. The van der Waals surface area contributed by atoms with Crippen molar-refractivity contribution in [3.63, 3.8) is 0 Å².